The highest BCUT2D eigenvalue weighted by atomic mass is 35.5. The average molecular weight is 426 g/mol. The van der Waals surface area contributed by atoms with Gasteiger partial charge in [0.2, 0.25) is 0 Å². The van der Waals surface area contributed by atoms with Gasteiger partial charge in [-0.2, -0.15) is 0 Å². The zero-order chi connectivity index (χ0) is 20.8. The molecular formula is C29H28ClN. The molecule has 2 aliphatic carbocycles. The molecule has 0 bridgehead atoms. The molecule has 0 spiro atoms. The molecule has 156 valence electrons. The van der Waals surface area contributed by atoms with Crippen LogP contribution < -0.4 is 10.4 Å². The van der Waals surface area contributed by atoms with E-state index >= 15 is 0 Å². The average Bonchev–Trinajstić information content (AvgIpc) is 2.84. The van der Waals surface area contributed by atoms with Gasteiger partial charge in [0, 0.05) is 11.1 Å². The first kappa shape index (κ1) is 19.3. The molecule has 1 saturated heterocycles. The van der Waals surface area contributed by atoms with Crippen LogP contribution in [0.3, 0.4) is 0 Å². The SMILES string of the molecule is Clc1ccc(C2=c3c(ccc4c3=CCc3ccccc3-4)C(N3CCCCC3)CC2)cc1. The Balaban J connectivity index is 1.62. The summed E-state index contributed by atoms with van der Waals surface area (Å²) in [4.78, 5) is 2.75. The fraction of sp³-hybridized carbons (Fsp3) is 0.310. The quantitative estimate of drug-likeness (QED) is 0.496. The molecule has 2 heteroatoms. The van der Waals surface area contributed by atoms with E-state index in [0.29, 0.717) is 6.04 Å². The molecule has 6 rings (SSSR count). The van der Waals surface area contributed by atoms with E-state index < -0.39 is 0 Å². The number of likely N-dealkylation sites (tertiary alicyclic amines) is 1. The monoisotopic (exact) mass is 425 g/mol. The Bertz CT molecular complexity index is 1250. The van der Waals surface area contributed by atoms with Gasteiger partial charge in [-0.1, -0.05) is 72.6 Å². The highest BCUT2D eigenvalue weighted by Gasteiger charge is 2.28. The molecule has 0 radical (unpaired) electrons. The number of halogens is 1. The van der Waals surface area contributed by atoms with Gasteiger partial charge in [-0.05, 0) is 101 Å². The third-order valence-electron chi connectivity index (χ3n) is 7.46. The van der Waals surface area contributed by atoms with E-state index in [1.165, 1.54) is 82.6 Å². The lowest BCUT2D eigenvalue weighted by molar-refractivity contribution is 0.154. The predicted molar refractivity (Wildman–Crippen MR) is 131 cm³/mol. The van der Waals surface area contributed by atoms with E-state index in [9.17, 15) is 0 Å². The van der Waals surface area contributed by atoms with Crippen molar-refractivity contribution >= 4 is 23.3 Å². The van der Waals surface area contributed by atoms with Crippen LogP contribution in [0.4, 0.5) is 0 Å². The standard InChI is InChI=1S/C29H28ClN/c30-22-11-8-21(9-12-22)24-16-17-28(31-18-4-1-5-19-31)27-15-14-25-23-7-3-2-6-20(23)10-13-26(25)29(24)27/h2-3,6-9,11-15,28H,1,4-5,10,16-19H2. The number of hydrogen-bond donors (Lipinski definition) is 0. The molecule has 0 aromatic heterocycles. The zero-order valence-corrected chi connectivity index (χ0v) is 18.7. The van der Waals surface area contributed by atoms with Crippen LogP contribution >= 0.6 is 11.6 Å². The van der Waals surface area contributed by atoms with Gasteiger partial charge in [-0.3, -0.25) is 4.90 Å². The van der Waals surface area contributed by atoms with Crippen LogP contribution in [0.2, 0.25) is 5.02 Å². The minimum Gasteiger partial charge on any atom is -0.296 e. The van der Waals surface area contributed by atoms with Crippen molar-refractivity contribution in [1.29, 1.82) is 0 Å². The van der Waals surface area contributed by atoms with Crippen LogP contribution in [-0.4, -0.2) is 18.0 Å². The summed E-state index contributed by atoms with van der Waals surface area (Å²) in [5.41, 5.74) is 8.58. The van der Waals surface area contributed by atoms with E-state index in [1.54, 1.807) is 0 Å². The van der Waals surface area contributed by atoms with Crippen LogP contribution in [0.5, 0.6) is 0 Å². The summed E-state index contributed by atoms with van der Waals surface area (Å²) >= 11 is 6.23. The molecule has 0 amide bonds. The van der Waals surface area contributed by atoms with Crippen molar-refractivity contribution in [2.45, 2.75) is 44.6 Å². The first-order valence-corrected chi connectivity index (χ1v) is 12.1. The van der Waals surface area contributed by atoms with Crippen LogP contribution in [0, 0.1) is 0 Å². The molecule has 0 saturated carbocycles. The Morgan fingerprint density at radius 3 is 2.45 bits per heavy atom. The number of benzene rings is 3. The first-order valence-electron chi connectivity index (χ1n) is 11.7. The Kier molecular flexibility index (Phi) is 4.97. The highest BCUT2D eigenvalue weighted by molar-refractivity contribution is 6.30. The lowest BCUT2D eigenvalue weighted by Gasteiger charge is -2.38. The van der Waals surface area contributed by atoms with Crippen molar-refractivity contribution in [3.05, 3.63) is 92.8 Å². The molecule has 3 aliphatic rings. The molecule has 3 aromatic rings. The molecule has 1 nitrogen and oxygen atoms in total. The third kappa shape index (κ3) is 3.35. The molecule has 31 heavy (non-hydrogen) atoms. The van der Waals surface area contributed by atoms with Crippen molar-refractivity contribution in [3.63, 3.8) is 0 Å². The van der Waals surface area contributed by atoms with Gasteiger partial charge in [0.05, 0.1) is 0 Å². The highest BCUT2D eigenvalue weighted by Crippen LogP contribution is 2.35. The fourth-order valence-corrected chi connectivity index (χ4v) is 6.11. The molecule has 1 heterocycles. The Hall–Kier alpha value is -2.35. The van der Waals surface area contributed by atoms with Gasteiger partial charge in [0.1, 0.15) is 0 Å². The Morgan fingerprint density at radius 1 is 0.806 bits per heavy atom. The van der Waals surface area contributed by atoms with Gasteiger partial charge in [-0.25, -0.2) is 0 Å². The zero-order valence-electron chi connectivity index (χ0n) is 17.9. The van der Waals surface area contributed by atoms with Gasteiger partial charge < -0.3 is 0 Å². The third-order valence-corrected chi connectivity index (χ3v) is 7.72. The van der Waals surface area contributed by atoms with Crippen LogP contribution in [0.15, 0.2) is 60.7 Å². The van der Waals surface area contributed by atoms with E-state index in [4.69, 9.17) is 11.6 Å². The van der Waals surface area contributed by atoms with E-state index in [-0.39, 0.29) is 0 Å². The summed E-state index contributed by atoms with van der Waals surface area (Å²) in [5.74, 6) is 0. The number of hydrogen-bond acceptors (Lipinski definition) is 1. The largest absolute Gasteiger partial charge is 0.296 e. The molecule has 1 fully saturated rings. The summed E-state index contributed by atoms with van der Waals surface area (Å²) in [7, 11) is 0. The van der Waals surface area contributed by atoms with Crippen molar-refractivity contribution in [2.75, 3.05) is 13.1 Å². The van der Waals surface area contributed by atoms with Gasteiger partial charge in [0.25, 0.3) is 0 Å². The fourth-order valence-electron chi connectivity index (χ4n) is 5.98. The minimum absolute atomic E-state index is 0.544. The number of nitrogens with zero attached hydrogens (tertiary/aromatic N) is 1. The lowest BCUT2D eigenvalue weighted by atomic mass is 9.80. The van der Waals surface area contributed by atoms with Gasteiger partial charge >= 0.3 is 0 Å². The van der Waals surface area contributed by atoms with Crippen LogP contribution in [0.25, 0.3) is 22.8 Å². The normalized spacial score (nSPS) is 20.4. The van der Waals surface area contributed by atoms with Crippen molar-refractivity contribution in [1.82, 2.24) is 4.90 Å². The summed E-state index contributed by atoms with van der Waals surface area (Å²) < 4.78 is 0. The van der Waals surface area contributed by atoms with E-state index in [0.717, 1.165) is 17.9 Å². The van der Waals surface area contributed by atoms with Crippen molar-refractivity contribution < 1.29 is 0 Å². The second kappa shape index (κ2) is 7.97. The smallest absolute Gasteiger partial charge is 0.0406 e. The molecule has 1 unspecified atom stereocenters. The summed E-state index contributed by atoms with van der Waals surface area (Å²) in [6, 6.07) is 22.8. The topological polar surface area (TPSA) is 3.24 Å². The Morgan fingerprint density at radius 2 is 1.61 bits per heavy atom. The molecular weight excluding hydrogens is 398 g/mol. The maximum absolute atomic E-state index is 6.23. The second-order valence-electron chi connectivity index (χ2n) is 9.19. The first-order chi connectivity index (χ1) is 15.3. The van der Waals surface area contributed by atoms with Crippen molar-refractivity contribution in [3.8, 4) is 11.1 Å². The summed E-state index contributed by atoms with van der Waals surface area (Å²) in [5, 5.41) is 3.75. The molecule has 1 atom stereocenters. The summed E-state index contributed by atoms with van der Waals surface area (Å²) in [6.07, 6.45) is 9.88. The molecule has 3 aromatic carbocycles. The molecule has 0 N–H and O–H groups in total. The van der Waals surface area contributed by atoms with E-state index in [2.05, 4.69) is 59.5 Å². The Labute approximate surface area is 189 Å². The van der Waals surface area contributed by atoms with Crippen LogP contribution in [0.1, 0.15) is 54.8 Å². The number of rotatable bonds is 2. The second-order valence-corrected chi connectivity index (χ2v) is 9.63. The van der Waals surface area contributed by atoms with Crippen LogP contribution in [-0.2, 0) is 6.42 Å². The minimum atomic E-state index is 0.544. The maximum atomic E-state index is 6.23. The van der Waals surface area contributed by atoms with Crippen molar-refractivity contribution in [2.24, 2.45) is 0 Å². The van der Waals surface area contributed by atoms with Gasteiger partial charge in [-0.15, -0.1) is 0 Å². The number of piperidine rings is 1. The summed E-state index contributed by atoms with van der Waals surface area (Å²) in [6.45, 7) is 2.48. The van der Waals surface area contributed by atoms with E-state index in [1.807, 2.05) is 12.1 Å². The molecule has 1 aliphatic heterocycles. The lowest BCUT2D eigenvalue weighted by Crippen LogP contribution is -2.43. The van der Waals surface area contributed by atoms with Gasteiger partial charge in [0.15, 0.2) is 0 Å². The number of fused-ring (bicyclic) bond motifs is 5. The predicted octanol–water partition coefficient (Wildman–Crippen LogP) is 5.86. The maximum Gasteiger partial charge on any atom is 0.0406 e.